The van der Waals surface area contributed by atoms with E-state index in [1.807, 2.05) is 0 Å². The van der Waals surface area contributed by atoms with Gasteiger partial charge in [-0.2, -0.15) is 0 Å². The Morgan fingerprint density at radius 2 is 1.88 bits per heavy atom. The first-order valence-electron chi connectivity index (χ1n) is 7.02. The molecule has 0 radical (unpaired) electrons. The third kappa shape index (κ3) is 2.90. The molecule has 24 heavy (non-hydrogen) atoms. The normalized spacial score (nSPS) is 13.8. The Morgan fingerprint density at radius 3 is 2.46 bits per heavy atom. The summed E-state index contributed by atoms with van der Waals surface area (Å²) < 4.78 is 52.4. The Hall–Kier alpha value is -2.67. The van der Waals surface area contributed by atoms with Gasteiger partial charge in [0.25, 0.3) is 0 Å². The van der Waals surface area contributed by atoms with Crippen LogP contribution in [0.2, 0.25) is 0 Å². The van der Waals surface area contributed by atoms with Crippen molar-refractivity contribution in [2.75, 3.05) is 20.3 Å². The molecule has 0 N–H and O–H groups in total. The lowest BCUT2D eigenvalue weighted by atomic mass is 10.0. The van der Waals surface area contributed by atoms with Gasteiger partial charge in [-0.1, -0.05) is 6.08 Å². The Bertz CT molecular complexity index is 826. The fourth-order valence-corrected chi connectivity index (χ4v) is 2.41. The van der Waals surface area contributed by atoms with E-state index in [1.165, 1.54) is 0 Å². The van der Waals surface area contributed by atoms with E-state index in [0.717, 1.165) is 31.4 Å². The number of carbonyl (C=O) groups excluding carboxylic acids is 1. The SMILES string of the molecule is COC(=O)c1ccc(F)c(-c2c(F)cc(C3=CCOC3)cc2F)n1. The van der Waals surface area contributed by atoms with Crippen molar-refractivity contribution in [3.63, 3.8) is 0 Å². The van der Waals surface area contributed by atoms with Crippen molar-refractivity contribution in [1.29, 1.82) is 0 Å². The van der Waals surface area contributed by atoms with Gasteiger partial charge in [0, 0.05) is 0 Å². The number of halogens is 3. The second kappa shape index (κ2) is 6.45. The number of nitrogens with zero attached hydrogens (tertiary/aromatic N) is 1. The van der Waals surface area contributed by atoms with Crippen molar-refractivity contribution >= 4 is 11.5 Å². The van der Waals surface area contributed by atoms with E-state index in [2.05, 4.69) is 9.72 Å². The summed E-state index contributed by atoms with van der Waals surface area (Å²) in [5, 5.41) is 0. The third-order valence-corrected chi connectivity index (χ3v) is 3.60. The second-order valence-corrected chi connectivity index (χ2v) is 5.08. The van der Waals surface area contributed by atoms with Gasteiger partial charge in [0.15, 0.2) is 0 Å². The molecule has 1 aromatic carbocycles. The van der Waals surface area contributed by atoms with E-state index in [-0.39, 0.29) is 12.3 Å². The monoisotopic (exact) mass is 335 g/mol. The minimum absolute atomic E-state index is 0.247. The Morgan fingerprint density at radius 1 is 1.17 bits per heavy atom. The molecule has 0 saturated heterocycles. The molecule has 124 valence electrons. The maximum absolute atomic E-state index is 14.4. The van der Waals surface area contributed by atoms with Crippen LogP contribution in [0.3, 0.4) is 0 Å². The van der Waals surface area contributed by atoms with Crippen LogP contribution < -0.4 is 0 Å². The van der Waals surface area contributed by atoms with Crippen LogP contribution >= 0.6 is 0 Å². The highest BCUT2D eigenvalue weighted by molar-refractivity contribution is 5.88. The Balaban J connectivity index is 2.11. The number of hydrogen-bond acceptors (Lipinski definition) is 4. The molecule has 0 fully saturated rings. The van der Waals surface area contributed by atoms with Crippen LogP contribution in [0.5, 0.6) is 0 Å². The highest BCUT2D eigenvalue weighted by atomic mass is 19.1. The zero-order valence-corrected chi connectivity index (χ0v) is 12.6. The molecule has 0 atom stereocenters. The number of pyridine rings is 1. The van der Waals surface area contributed by atoms with Crippen LogP contribution in [-0.2, 0) is 9.47 Å². The van der Waals surface area contributed by atoms with Crippen LogP contribution in [0, 0.1) is 17.5 Å². The fraction of sp³-hybridized carbons (Fsp3) is 0.176. The maximum atomic E-state index is 14.4. The molecule has 7 heteroatoms. The van der Waals surface area contributed by atoms with Crippen LogP contribution in [-0.4, -0.2) is 31.3 Å². The number of benzene rings is 1. The van der Waals surface area contributed by atoms with Crippen LogP contribution in [0.4, 0.5) is 13.2 Å². The molecular weight excluding hydrogens is 323 g/mol. The lowest BCUT2D eigenvalue weighted by Gasteiger charge is -2.10. The van der Waals surface area contributed by atoms with Gasteiger partial charge in [0.05, 0.1) is 25.9 Å². The number of carbonyl (C=O) groups is 1. The molecular formula is C17H12F3NO3. The molecule has 0 unspecified atom stereocenters. The van der Waals surface area contributed by atoms with Gasteiger partial charge in [0.2, 0.25) is 0 Å². The lowest BCUT2D eigenvalue weighted by molar-refractivity contribution is 0.0594. The summed E-state index contributed by atoms with van der Waals surface area (Å²) in [5.41, 5.74) is -0.506. The average Bonchev–Trinajstić information content (AvgIpc) is 3.09. The van der Waals surface area contributed by atoms with Crippen LogP contribution in [0.15, 0.2) is 30.3 Å². The van der Waals surface area contributed by atoms with E-state index in [0.29, 0.717) is 17.7 Å². The van der Waals surface area contributed by atoms with Gasteiger partial charge in [-0.3, -0.25) is 0 Å². The first-order chi connectivity index (χ1) is 11.5. The standard InChI is InChI=1S/C17H12F3NO3/c1-23-17(22)14-3-2-11(18)16(21-14)15-12(19)6-10(7-13(15)20)9-4-5-24-8-9/h2-4,6-7H,5,8H2,1H3. The number of ether oxygens (including phenoxy) is 2. The minimum Gasteiger partial charge on any atom is -0.464 e. The summed E-state index contributed by atoms with van der Waals surface area (Å²) in [6.07, 6.45) is 1.71. The number of methoxy groups -OCH3 is 1. The van der Waals surface area contributed by atoms with Crippen molar-refractivity contribution < 1.29 is 27.4 Å². The number of esters is 1. The minimum atomic E-state index is -0.980. The molecule has 1 aromatic heterocycles. The molecule has 1 aliphatic heterocycles. The van der Waals surface area contributed by atoms with E-state index in [9.17, 15) is 18.0 Å². The zero-order chi connectivity index (χ0) is 17.3. The van der Waals surface area contributed by atoms with E-state index >= 15 is 0 Å². The van der Waals surface area contributed by atoms with E-state index in [1.54, 1.807) is 6.08 Å². The van der Waals surface area contributed by atoms with Gasteiger partial charge in [-0.15, -0.1) is 0 Å². The molecule has 0 aliphatic carbocycles. The molecule has 0 spiro atoms. The van der Waals surface area contributed by atoms with Crippen LogP contribution in [0.1, 0.15) is 16.1 Å². The van der Waals surface area contributed by atoms with E-state index in [4.69, 9.17) is 4.74 Å². The first-order valence-corrected chi connectivity index (χ1v) is 7.02. The topological polar surface area (TPSA) is 48.4 Å². The highest BCUT2D eigenvalue weighted by Crippen LogP contribution is 2.31. The predicted molar refractivity (Wildman–Crippen MR) is 79.7 cm³/mol. The molecule has 2 heterocycles. The van der Waals surface area contributed by atoms with Gasteiger partial charge < -0.3 is 9.47 Å². The predicted octanol–water partition coefficient (Wildman–Crippen LogP) is 3.37. The number of aromatic nitrogens is 1. The smallest absolute Gasteiger partial charge is 0.356 e. The summed E-state index contributed by atoms with van der Waals surface area (Å²) in [6.45, 7) is 0.625. The third-order valence-electron chi connectivity index (χ3n) is 3.60. The maximum Gasteiger partial charge on any atom is 0.356 e. The lowest BCUT2D eigenvalue weighted by Crippen LogP contribution is -2.07. The van der Waals surface area contributed by atoms with Crippen molar-refractivity contribution in [2.24, 2.45) is 0 Å². The van der Waals surface area contributed by atoms with E-state index < -0.39 is 34.7 Å². The molecule has 0 amide bonds. The van der Waals surface area contributed by atoms with Gasteiger partial charge in [-0.05, 0) is 35.4 Å². The summed E-state index contributed by atoms with van der Waals surface area (Å²) >= 11 is 0. The second-order valence-electron chi connectivity index (χ2n) is 5.08. The summed E-state index contributed by atoms with van der Waals surface area (Å²) in [4.78, 5) is 15.2. The molecule has 0 bridgehead atoms. The van der Waals surface area contributed by atoms with Gasteiger partial charge >= 0.3 is 5.97 Å². The molecule has 1 aliphatic rings. The molecule has 0 saturated carbocycles. The quantitative estimate of drug-likeness (QED) is 0.807. The van der Waals surface area contributed by atoms with Crippen molar-refractivity contribution in [3.8, 4) is 11.3 Å². The number of hydrogen-bond donors (Lipinski definition) is 0. The first kappa shape index (κ1) is 16.2. The van der Waals surface area contributed by atoms with Gasteiger partial charge in [-0.25, -0.2) is 22.9 Å². The molecule has 4 nitrogen and oxygen atoms in total. The van der Waals surface area contributed by atoms with Crippen molar-refractivity contribution in [1.82, 2.24) is 4.98 Å². The Kier molecular flexibility index (Phi) is 4.35. The van der Waals surface area contributed by atoms with Crippen molar-refractivity contribution in [2.45, 2.75) is 0 Å². The Labute approximate surface area is 135 Å². The van der Waals surface area contributed by atoms with Crippen molar-refractivity contribution in [3.05, 3.63) is 59.1 Å². The summed E-state index contributed by atoms with van der Waals surface area (Å²) in [7, 11) is 1.13. The molecule has 3 rings (SSSR count). The fourth-order valence-electron chi connectivity index (χ4n) is 2.41. The summed E-state index contributed by atoms with van der Waals surface area (Å²) in [6, 6.07) is 4.17. The zero-order valence-electron chi connectivity index (χ0n) is 12.6. The largest absolute Gasteiger partial charge is 0.464 e. The van der Waals surface area contributed by atoms with Gasteiger partial charge in [0.1, 0.15) is 28.8 Å². The number of rotatable bonds is 3. The molecule has 2 aromatic rings. The average molecular weight is 335 g/mol. The summed E-state index contributed by atoms with van der Waals surface area (Å²) in [5.74, 6) is -3.74. The highest BCUT2D eigenvalue weighted by Gasteiger charge is 2.22. The van der Waals surface area contributed by atoms with Crippen LogP contribution in [0.25, 0.3) is 16.8 Å².